The molecule has 4 rings (SSSR count). The molecule has 0 saturated carbocycles. The first-order chi connectivity index (χ1) is 14.1. The van der Waals surface area contributed by atoms with Crippen LogP contribution in [0.4, 0.5) is 20.2 Å². The molecule has 0 saturated heterocycles. The van der Waals surface area contributed by atoms with E-state index in [0.717, 1.165) is 0 Å². The first-order valence-electron chi connectivity index (χ1n) is 8.80. The van der Waals surface area contributed by atoms with Gasteiger partial charge in [0, 0.05) is 23.8 Å². The number of carbonyl (C=O) groups is 1. The summed E-state index contributed by atoms with van der Waals surface area (Å²) in [6.45, 7) is -3.00. The van der Waals surface area contributed by atoms with Crippen LogP contribution in [0.25, 0.3) is 0 Å². The number of carbonyl (C=O) groups excluding carboxylic acids is 1. The third kappa shape index (κ3) is 3.56. The van der Waals surface area contributed by atoms with Gasteiger partial charge < -0.3 is 14.8 Å². The van der Waals surface area contributed by atoms with Crippen molar-refractivity contribution in [1.82, 2.24) is 4.98 Å². The zero-order chi connectivity index (χ0) is 20.4. The first-order valence-corrected chi connectivity index (χ1v) is 8.80. The molecule has 0 aliphatic carbocycles. The molecule has 1 aromatic heterocycles. The number of alkyl halides is 2. The van der Waals surface area contributed by atoms with Crippen LogP contribution in [0.3, 0.4) is 0 Å². The Morgan fingerprint density at radius 2 is 1.83 bits per heavy atom. The molecule has 1 aliphatic rings. The first kappa shape index (κ1) is 18.7. The van der Waals surface area contributed by atoms with Crippen molar-refractivity contribution in [2.75, 3.05) is 17.3 Å². The summed E-state index contributed by atoms with van der Waals surface area (Å²) in [5, 5.41) is 3.31. The topological polar surface area (TPSA) is 63.7 Å². The van der Waals surface area contributed by atoms with Crippen LogP contribution in [0.1, 0.15) is 22.1 Å². The van der Waals surface area contributed by atoms with Gasteiger partial charge in [0.25, 0.3) is 5.91 Å². The summed E-state index contributed by atoms with van der Waals surface area (Å²) >= 11 is 0. The van der Waals surface area contributed by atoms with Gasteiger partial charge in [0.2, 0.25) is 0 Å². The number of aromatic nitrogens is 1. The number of amides is 1. The van der Waals surface area contributed by atoms with E-state index in [4.69, 9.17) is 4.74 Å². The minimum absolute atomic E-state index is 0.109. The predicted molar refractivity (Wildman–Crippen MR) is 103 cm³/mol. The molecule has 0 bridgehead atoms. The van der Waals surface area contributed by atoms with E-state index in [9.17, 15) is 13.6 Å². The van der Waals surface area contributed by atoms with Gasteiger partial charge in [-0.1, -0.05) is 18.2 Å². The van der Waals surface area contributed by atoms with Crippen molar-refractivity contribution in [2.24, 2.45) is 0 Å². The molecule has 2 aromatic carbocycles. The number of methoxy groups -OCH3 is 1. The number of nitrogens with one attached hydrogen (secondary N) is 1. The van der Waals surface area contributed by atoms with Gasteiger partial charge in [-0.3, -0.25) is 14.7 Å². The largest absolute Gasteiger partial charge is 0.493 e. The van der Waals surface area contributed by atoms with Crippen molar-refractivity contribution in [3.05, 3.63) is 78.1 Å². The summed E-state index contributed by atoms with van der Waals surface area (Å²) < 4.78 is 35.4. The standard InChI is InChI=1S/C21H17F2N3O3/c1-28-17-7-6-13(12-18(17)29-21(22)23)19-25-16-5-3-2-4-15(16)20(27)26(19)14-8-10-24-11-9-14/h2-12,19,21,25H,1H3/t19-/m0/s1. The number of hydrogen-bond acceptors (Lipinski definition) is 5. The van der Waals surface area contributed by atoms with E-state index in [1.165, 1.54) is 19.2 Å². The SMILES string of the molecule is COc1ccc([C@H]2Nc3ccccc3C(=O)N2c2ccncc2)cc1OC(F)F. The molecule has 1 atom stereocenters. The zero-order valence-corrected chi connectivity index (χ0v) is 15.4. The quantitative estimate of drug-likeness (QED) is 0.689. The van der Waals surface area contributed by atoms with Gasteiger partial charge in [-0.15, -0.1) is 0 Å². The molecule has 1 aliphatic heterocycles. The number of para-hydroxylation sites is 1. The average Bonchev–Trinajstić information content (AvgIpc) is 2.74. The third-order valence-corrected chi connectivity index (χ3v) is 4.59. The molecule has 2 heterocycles. The second kappa shape index (κ2) is 7.75. The van der Waals surface area contributed by atoms with Gasteiger partial charge in [-0.2, -0.15) is 8.78 Å². The fourth-order valence-electron chi connectivity index (χ4n) is 3.31. The van der Waals surface area contributed by atoms with E-state index in [0.29, 0.717) is 22.5 Å². The van der Waals surface area contributed by atoms with Crippen molar-refractivity contribution < 1.29 is 23.0 Å². The summed E-state index contributed by atoms with van der Waals surface area (Å²) in [7, 11) is 1.37. The van der Waals surface area contributed by atoms with E-state index in [1.54, 1.807) is 53.7 Å². The molecule has 0 fully saturated rings. The van der Waals surface area contributed by atoms with E-state index < -0.39 is 12.8 Å². The Bertz CT molecular complexity index is 1030. The number of nitrogens with zero attached hydrogens (tertiary/aromatic N) is 2. The molecule has 1 N–H and O–H groups in total. The van der Waals surface area contributed by atoms with Crippen LogP contribution < -0.4 is 19.7 Å². The lowest BCUT2D eigenvalue weighted by Gasteiger charge is -2.38. The average molecular weight is 397 g/mol. The Morgan fingerprint density at radius 1 is 1.07 bits per heavy atom. The van der Waals surface area contributed by atoms with Crippen molar-refractivity contribution >= 4 is 17.3 Å². The normalized spacial score (nSPS) is 15.7. The lowest BCUT2D eigenvalue weighted by Crippen LogP contribution is -2.43. The van der Waals surface area contributed by atoms with Gasteiger partial charge in [0.15, 0.2) is 11.5 Å². The fraction of sp³-hybridized carbons (Fsp3) is 0.143. The van der Waals surface area contributed by atoms with Crippen LogP contribution in [-0.2, 0) is 0 Å². The van der Waals surface area contributed by atoms with Crippen LogP contribution in [0.5, 0.6) is 11.5 Å². The lowest BCUT2D eigenvalue weighted by molar-refractivity contribution is -0.0512. The van der Waals surface area contributed by atoms with E-state index in [-0.39, 0.29) is 17.4 Å². The van der Waals surface area contributed by atoms with Crippen LogP contribution in [0.2, 0.25) is 0 Å². The van der Waals surface area contributed by atoms with Crippen LogP contribution in [0.15, 0.2) is 67.0 Å². The van der Waals surface area contributed by atoms with Gasteiger partial charge >= 0.3 is 6.61 Å². The highest BCUT2D eigenvalue weighted by Crippen LogP contribution is 2.39. The molecule has 8 heteroatoms. The zero-order valence-electron chi connectivity index (χ0n) is 15.4. The smallest absolute Gasteiger partial charge is 0.387 e. The third-order valence-electron chi connectivity index (χ3n) is 4.59. The maximum absolute atomic E-state index is 13.3. The van der Waals surface area contributed by atoms with Crippen molar-refractivity contribution in [1.29, 1.82) is 0 Å². The Balaban J connectivity index is 1.83. The van der Waals surface area contributed by atoms with Crippen LogP contribution in [-0.4, -0.2) is 24.6 Å². The molecule has 29 heavy (non-hydrogen) atoms. The number of hydrogen-bond donors (Lipinski definition) is 1. The molecule has 1 amide bonds. The second-order valence-corrected chi connectivity index (χ2v) is 6.26. The molecular formula is C21H17F2N3O3. The Labute approximate surface area is 165 Å². The van der Waals surface area contributed by atoms with E-state index >= 15 is 0 Å². The van der Waals surface area contributed by atoms with Gasteiger partial charge in [-0.25, -0.2) is 0 Å². The molecule has 0 radical (unpaired) electrons. The van der Waals surface area contributed by atoms with Gasteiger partial charge in [-0.05, 0) is 42.0 Å². The minimum atomic E-state index is -3.00. The molecule has 0 unspecified atom stereocenters. The molecule has 148 valence electrons. The molecule has 0 spiro atoms. The molecule has 3 aromatic rings. The van der Waals surface area contributed by atoms with Crippen molar-refractivity contribution in [3.63, 3.8) is 0 Å². The summed E-state index contributed by atoms with van der Waals surface area (Å²) in [5.41, 5.74) is 2.34. The van der Waals surface area contributed by atoms with Crippen LogP contribution >= 0.6 is 0 Å². The summed E-state index contributed by atoms with van der Waals surface area (Å²) in [5.74, 6) is -0.155. The van der Waals surface area contributed by atoms with Gasteiger partial charge in [0.1, 0.15) is 6.17 Å². The number of rotatable bonds is 5. The van der Waals surface area contributed by atoms with Crippen LogP contribution in [0, 0.1) is 0 Å². The van der Waals surface area contributed by atoms with Crippen molar-refractivity contribution in [3.8, 4) is 11.5 Å². The number of benzene rings is 2. The highest BCUT2D eigenvalue weighted by atomic mass is 19.3. The Hall–Kier alpha value is -3.68. The number of halogens is 2. The number of anilines is 2. The highest BCUT2D eigenvalue weighted by Gasteiger charge is 2.34. The summed E-state index contributed by atoms with van der Waals surface area (Å²) in [4.78, 5) is 18.8. The predicted octanol–water partition coefficient (Wildman–Crippen LogP) is 4.46. The maximum atomic E-state index is 13.3. The highest BCUT2D eigenvalue weighted by molar-refractivity contribution is 6.12. The minimum Gasteiger partial charge on any atom is -0.493 e. The summed E-state index contributed by atoms with van der Waals surface area (Å²) in [6.07, 6.45) is 2.52. The van der Waals surface area contributed by atoms with E-state index in [1.807, 2.05) is 6.07 Å². The number of ether oxygens (including phenoxy) is 2. The maximum Gasteiger partial charge on any atom is 0.387 e. The van der Waals surface area contributed by atoms with Gasteiger partial charge in [0.05, 0.1) is 12.7 Å². The summed E-state index contributed by atoms with van der Waals surface area (Å²) in [6, 6.07) is 15.2. The van der Waals surface area contributed by atoms with Crippen molar-refractivity contribution in [2.45, 2.75) is 12.8 Å². The number of pyridine rings is 1. The molecule has 6 nitrogen and oxygen atoms in total. The monoisotopic (exact) mass is 397 g/mol. The number of fused-ring (bicyclic) bond motifs is 1. The fourth-order valence-corrected chi connectivity index (χ4v) is 3.31. The Morgan fingerprint density at radius 3 is 2.55 bits per heavy atom. The second-order valence-electron chi connectivity index (χ2n) is 6.26. The molecular weight excluding hydrogens is 380 g/mol. The Kier molecular flexibility index (Phi) is 4.99. The van der Waals surface area contributed by atoms with E-state index in [2.05, 4.69) is 15.0 Å². The lowest BCUT2D eigenvalue weighted by atomic mass is 10.0.